The monoisotopic (exact) mass is 268 g/mol. The summed E-state index contributed by atoms with van der Waals surface area (Å²) in [6.45, 7) is 4.58. The molecule has 0 unspecified atom stereocenters. The highest BCUT2D eigenvalue weighted by molar-refractivity contribution is 7.16. The molecular formula is C12H20N4OS. The van der Waals surface area contributed by atoms with E-state index < -0.39 is 0 Å². The highest BCUT2D eigenvalue weighted by atomic mass is 32.1. The van der Waals surface area contributed by atoms with Crippen LogP contribution in [-0.2, 0) is 0 Å². The lowest BCUT2D eigenvalue weighted by molar-refractivity contribution is 0.0634. The normalized spacial score (nSPS) is 19.7. The molecule has 0 radical (unpaired) electrons. The van der Waals surface area contributed by atoms with Gasteiger partial charge < -0.3 is 10.6 Å². The van der Waals surface area contributed by atoms with Crippen molar-refractivity contribution >= 4 is 22.4 Å². The van der Waals surface area contributed by atoms with Crippen LogP contribution in [-0.4, -0.2) is 34.1 Å². The molecule has 1 fully saturated rings. The summed E-state index contributed by atoms with van der Waals surface area (Å²) < 4.78 is 0. The van der Waals surface area contributed by atoms with Crippen molar-refractivity contribution in [2.24, 2.45) is 5.41 Å². The van der Waals surface area contributed by atoms with Gasteiger partial charge in [-0.05, 0) is 31.1 Å². The quantitative estimate of drug-likeness (QED) is 0.892. The minimum absolute atomic E-state index is 0.0612. The standard InChI is InChI=1S/C12H20N4OS/c1-12(2)6-4-8(5-7-12)16(3)10(17)9-14-15-11(13)18-9/h8H,4-7H2,1-3H3,(H2,13,15). The SMILES string of the molecule is CN(C(=O)c1nnc(N)s1)C1CCC(C)(C)CC1. The van der Waals surface area contributed by atoms with Gasteiger partial charge in [0, 0.05) is 13.1 Å². The Hall–Kier alpha value is -1.17. The molecule has 1 amide bonds. The predicted molar refractivity (Wildman–Crippen MR) is 72.5 cm³/mol. The van der Waals surface area contributed by atoms with Crippen LogP contribution in [0.1, 0.15) is 49.3 Å². The molecular weight excluding hydrogens is 248 g/mol. The van der Waals surface area contributed by atoms with E-state index in [0.29, 0.717) is 21.6 Å². The molecule has 2 rings (SSSR count). The van der Waals surface area contributed by atoms with Gasteiger partial charge in [0.05, 0.1) is 0 Å². The summed E-state index contributed by atoms with van der Waals surface area (Å²) in [5, 5.41) is 8.23. The molecule has 1 aliphatic rings. The molecule has 6 heteroatoms. The fourth-order valence-electron chi connectivity index (χ4n) is 2.41. The number of amides is 1. The van der Waals surface area contributed by atoms with Crippen LogP contribution in [0.25, 0.3) is 0 Å². The fourth-order valence-corrected chi connectivity index (χ4v) is 3.00. The zero-order valence-corrected chi connectivity index (χ0v) is 12.0. The summed E-state index contributed by atoms with van der Waals surface area (Å²) >= 11 is 1.15. The lowest BCUT2D eigenvalue weighted by atomic mass is 9.75. The first-order valence-electron chi connectivity index (χ1n) is 6.25. The van der Waals surface area contributed by atoms with E-state index in [0.717, 1.165) is 37.0 Å². The average molecular weight is 268 g/mol. The van der Waals surface area contributed by atoms with E-state index in [1.807, 2.05) is 7.05 Å². The molecule has 1 aromatic heterocycles. The van der Waals surface area contributed by atoms with Crippen molar-refractivity contribution < 1.29 is 4.79 Å². The second-order valence-corrected chi connectivity index (χ2v) is 6.77. The Morgan fingerprint density at radius 2 is 2.00 bits per heavy atom. The van der Waals surface area contributed by atoms with Crippen LogP contribution < -0.4 is 5.73 Å². The molecule has 0 atom stereocenters. The van der Waals surface area contributed by atoms with Crippen molar-refractivity contribution in [1.82, 2.24) is 15.1 Å². The van der Waals surface area contributed by atoms with Crippen LogP contribution in [0.3, 0.4) is 0 Å². The largest absolute Gasteiger partial charge is 0.374 e. The Balaban J connectivity index is 2.00. The first-order chi connectivity index (χ1) is 8.39. The molecule has 0 aromatic carbocycles. The molecule has 0 saturated heterocycles. The number of nitrogens with zero attached hydrogens (tertiary/aromatic N) is 3. The highest BCUT2D eigenvalue weighted by Gasteiger charge is 2.31. The maximum Gasteiger partial charge on any atom is 0.284 e. The molecule has 1 saturated carbocycles. The van der Waals surface area contributed by atoms with E-state index in [-0.39, 0.29) is 5.91 Å². The van der Waals surface area contributed by atoms with Crippen molar-refractivity contribution in [2.75, 3.05) is 12.8 Å². The van der Waals surface area contributed by atoms with Gasteiger partial charge in [0.15, 0.2) is 0 Å². The molecule has 1 aromatic rings. The van der Waals surface area contributed by atoms with E-state index in [4.69, 9.17) is 5.73 Å². The maximum absolute atomic E-state index is 12.2. The Kier molecular flexibility index (Phi) is 3.56. The Labute approximate surface area is 111 Å². The zero-order valence-electron chi connectivity index (χ0n) is 11.1. The molecule has 0 spiro atoms. The minimum Gasteiger partial charge on any atom is -0.374 e. The summed E-state index contributed by atoms with van der Waals surface area (Å²) in [7, 11) is 1.85. The summed E-state index contributed by atoms with van der Waals surface area (Å²) in [6, 6.07) is 0.315. The second kappa shape index (κ2) is 4.84. The van der Waals surface area contributed by atoms with E-state index >= 15 is 0 Å². The van der Waals surface area contributed by atoms with Gasteiger partial charge in [0.1, 0.15) is 0 Å². The molecule has 0 aliphatic heterocycles. The molecule has 100 valence electrons. The van der Waals surface area contributed by atoms with Crippen molar-refractivity contribution in [3.63, 3.8) is 0 Å². The second-order valence-electron chi connectivity index (χ2n) is 5.76. The molecule has 2 N–H and O–H groups in total. The molecule has 1 aliphatic carbocycles. The van der Waals surface area contributed by atoms with Crippen LogP contribution >= 0.6 is 11.3 Å². The molecule has 1 heterocycles. The van der Waals surface area contributed by atoms with Crippen LogP contribution in [0.5, 0.6) is 0 Å². The van der Waals surface area contributed by atoms with Gasteiger partial charge >= 0.3 is 0 Å². The number of carbonyl (C=O) groups is 1. The van der Waals surface area contributed by atoms with Crippen molar-refractivity contribution in [3.8, 4) is 0 Å². The summed E-state index contributed by atoms with van der Waals surface area (Å²) in [4.78, 5) is 14.0. The zero-order chi connectivity index (χ0) is 13.3. The number of nitrogens with two attached hydrogens (primary N) is 1. The number of nitrogen functional groups attached to an aromatic ring is 1. The number of rotatable bonds is 2. The third kappa shape index (κ3) is 2.80. The Bertz CT molecular complexity index is 433. The van der Waals surface area contributed by atoms with Crippen LogP contribution in [0.2, 0.25) is 0 Å². The highest BCUT2D eigenvalue weighted by Crippen LogP contribution is 2.36. The summed E-state index contributed by atoms with van der Waals surface area (Å²) in [5.74, 6) is -0.0612. The van der Waals surface area contributed by atoms with E-state index in [1.54, 1.807) is 4.90 Å². The first-order valence-corrected chi connectivity index (χ1v) is 7.07. The molecule has 0 bridgehead atoms. The van der Waals surface area contributed by atoms with Crippen LogP contribution in [0.15, 0.2) is 0 Å². The number of carbonyl (C=O) groups excluding carboxylic acids is 1. The number of anilines is 1. The molecule has 5 nitrogen and oxygen atoms in total. The minimum atomic E-state index is -0.0612. The van der Waals surface area contributed by atoms with Crippen molar-refractivity contribution in [1.29, 1.82) is 0 Å². The van der Waals surface area contributed by atoms with Gasteiger partial charge in [0.2, 0.25) is 10.1 Å². The summed E-state index contributed by atoms with van der Waals surface area (Å²) in [6.07, 6.45) is 4.44. The Morgan fingerprint density at radius 3 is 2.50 bits per heavy atom. The summed E-state index contributed by atoms with van der Waals surface area (Å²) in [5.41, 5.74) is 5.91. The third-order valence-corrected chi connectivity index (χ3v) is 4.54. The van der Waals surface area contributed by atoms with Crippen LogP contribution in [0.4, 0.5) is 5.13 Å². The lowest BCUT2D eigenvalue weighted by Gasteiger charge is -2.38. The van der Waals surface area contributed by atoms with Crippen molar-refractivity contribution in [3.05, 3.63) is 5.01 Å². The van der Waals surface area contributed by atoms with E-state index in [9.17, 15) is 4.79 Å². The maximum atomic E-state index is 12.2. The fraction of sp³-hybridized carbons (Fsp3) is 0.750. The smallest absolute Gasteiger partial charge is 0.284 e. The number of hydrogen-bond donors (Lipinski definition) is 1. The number of hydrogen-bond acceptors (Lipinski definition) is 5. The Morgan fingerprint density at radius 1 is 1.39 bits per heavy atom. The van der Waals surface area contributed by atoms with Gasteiger partial charge in [0.25, 0.3) is 5.91 Å². The van der Waals surface area contributed by atoms with Crippen LogP contribution in [0, 0.1) is 5.41 Å². The lowest BCUT2D eigenvalue weighted by Crippen LogP contribution is -2.40. The first kappa shape index (κ1) is 13.3. The average Bonchev–Trinajstić information content (AvgIpc) is 2.74. The van der Waals surface area contributed by atoms with Gasteiger partial charge in [-0.1, -0.05) is 25.2 Å². The van der Waals surface area contributed by atoms with E-state index in [2.05, 4.69) is 24.0 Å². The molecule has 18 heavy (non-hydrogen) atoms. The van der Waals surface area contributed by atoms with Gasteiger partial charge in [-0.2, -0.15) is 0 Å². The third-order valence-electron chi connectivity index (χ3n) is 3.80. The predicted octanol–water partition coefficient (Wildman–Crippen LogP) is 2.16. The number of aromatic nitrogens is 2. The van der Waals surface area contributed by atoms with Gasteiger partial charge in [-0.3, -0.25) is 4.79 Å². The van der Waals surface area contributed by atoms with Gasteiger partial charge in [-0.25, -0.2) is 0 Å². The topological polar surface area (TPSA) is 72.1 Å². The van der Waals surface area contributed by atoms with Crippen molar-refractivity contribution in [2.45, 2.75) is 45.6 Å². The van der Waals surface area contributed by atoms with Gasteiger partial charge in [-0.15, -0.1) is 10.2 Å². The van der Waals surface area contributed by atoms with E-state index in [1.165, 1.54) is 0 Å².